The van der Waals surface area contributed by atoms with Crippen LogP contribution in [-0.4, -0.2) is 37.4 Å². The Morgan fingerprint density at radius 3 is 2.71 bits per heavy atom. The molecule has 21 heavy (non-hydrogen) atoms. The van der Waals surface area contributed by atoms with Gasteiger partial charge in [0.2, 0.25) is 0 Å². The Morgan fingerprint density at radius 1 is 1.48 bits per heavy atom. The first-order valence-corrected chi connectivity index (χ1v) is 6.87. The number of carbonyl (C=O) groups excluding carboxylic acids is 1. The molecule has 0 saturated heterocycles. The molecule has 0 bridgehead atoms. The highest BCUT2D eigenvalue weighted by Gasteiger charge is 2.31. The first kappa shape index (κ1) is 17.9. The van der Waals surface area contributed by atoms with Gasteiger partial charge in [0.05, 0.1) is 23.8 Å². The van der Waals surface area contributed by atoms with Crippen molar-refractivity contribution in [1.82, 2.24) is 5.32 Å². The van der Waals surface area contributed by atoms with Crippen LogP contribution >= 0.6 is 15.9 Å². The van der Waals surface area contributed by atoms with Crippen LogP contribution < -0.4 is 5.32 Å². The Bertz CT molecular complexity index is 494. The third-order valence-electron chi connectivity index (χ3n) is 2.66. The Balaban J connectivity index is 2.69. The molecule has 0 radical (unpaired) electrons. The van der Waals surface area contributed by atoms with Crippen LogP contribution in [0.1, 0.15) is 22.3 Å². The second-order valence-electron chi connectivity index (χ2n) is 4.35. The zero-order valence-corrected chi connectivity index (χ0v) is 12.8. The molecule has 0 fully saturated rings. The summed E-state index contributed by atoms with van der Waals surface area (Å²) in [6.07, 6.45) is -5.00. The summed E-state index contributed by atoms with van der Waals surface area (Å²) >= 11 is 3.05. The van der Waals surface area contributed by atoms with Crippen molar-refractivity contribution in [3.63, 3.8) is 0 Å². The number of aliphatic hydroxyl groups excluding tert-OH is 1. The molecule has 0 saturated carbocycles. The van der Waals surface area contributed by atoms with Crippen molar-refractivity contribution in [2.75, 3.05) is 20.3 Å². The fourth-order valence-corrected chi connectivity index (χ4v) is 2.03. The Kier molecular flexibility index (Phi) is 6.63. The van der Waals surface area contributed by atoms with Gasteiger partial charge in [0, 0.05) is 18.1 Å². The van der Waals surface area contributed by atoms with Gasteiger partial charge in [-0.15, -0.1) is 0 Å². The molecule has 4 nitrogen and oxygen atoms in total. The number of nitrogens with one attached hydrogen (secondary N) is 1. The van der Waals surface area contributed by atoms with Crippen LogP contribution in [0.25, 0.3) is 0 Å². The number of methoxy groups -OCH3 is 1. The maximum absolute atomic E-state index is 12.6. The summed E-state index contributed by atoms with van der Waals surface area (Å²) in [5.41, 5.74) is -0.999. The van der Waals surface area contributed by atoms with Crippen LogP contribution in [0.3, 0.4) is 0 Å². The number of hydrogen-bond acceptors (Lipinski definition) is 3. The number of carbonyl (C=O) groups is 1. The first-order valence-electron chi connectivity index (χ1n) is 6.07. The zero-order valence-electron chi connectivity index (χ0n) is 11.2. The lowest BCUT2D eigenvalue weighted by molar-refractivity contribution is -0.137. The number of benzene rings is 1. The van der Waals surface area contributed by atoms with Gasteiger partial charge in [-0.1, -0.05) is 0 Å². The molecule has 0 spiro atoms. The minimum atomic E-state index is -4.51. The summed E-state index contributed by atoms with van der Waals surface area (Å²) in [5.74, 6) is -0.641. The third-order valence-corrected chi connectivity index (χ3v) is 3.35. The lowest BCUT2D eigenvalue weighted by atomic mass is 10.1. The first-order chi connectivity index (χ1) is 9.75. The molecular formula is C13H15BrF3NO3. The maximum Gasteiger partial charge on any atom is 0.416 e. The molecule has 1 atom stereocenters. The molecule has 118 valence electrons. The largest absolute Gasteiger partial charge is 0.416 e. The average molecular weight is 370 g/mol. The van der Waals surface area contributed by atoms with E-state index in [2.05, 4.69) is 21.2 Å². The number of rotatable bonds is 6. The highest BCUT2D eigenvalue weighted by atomic mass is 79.9. The van der Waals surface area contributed by atoms with E-state index in [-0.39, 0.29) is 29.6 Å². The van der Waals surface area contributed by atoms with Crippen molar-refractivity contribution in [2.45, 2.75) is 18.7 Å². The molecule has 8 heteroatoms. The van der Waals surface area contributed by atoms with Crippen molar-refractivity contribution in [2.24, 2.45) is 0 Å². The summed E-state index contributed by atoms with van der Waals surface area (Å²) < 4.78 is 42.8. The summed E-state index contributed by atoms with van der Waals surface area (Å²) in [6.45, 7) is 0.259. The van der Waals surface area contributed by atoms with Gasteiger partial charge in [0.1, 0.15) is 0 Å². The van der Waals surface area contributed by atoms with Crippen LogP contribution in [-0.2, 0) is 10.9 Å². The minimum Gasteiger partial charge on any atom is -0.391 e. The van der Waals surface area contributed by atoms with E-state index in [9.17, 15) is 23.1 Å². The molecule has 1 rings (SSSR count). The van der Waals surface area contributed by atoms with Gasteiger partial charge >= 0.3 is 6.18 Å². The molecule has 2 N–H and O–H groups in total. The monoisotopic (exact) mass is 369 g/mol. The van der Waals surface area contributed by atoms with Crippen LogP contribution in [0, 0.1) is 0 Å². The Hall–Kier alpha value is -1.12. The van der Waals surface area contributed by atoms with E-state index in [1.54, 1.807) is 0 Å². The number of hydrogen-bond donors (Lipinski definition) is 2. The van der Waals surface area contributed by atoms with Gasteiger partial charge < -0.3 is 15.2 Å². The van der Waals surface area contributed by atoms with Crippen LogP contribution in [0.15, 0.2) is 22.7 Å². The van der Waals surface area contributed by atoms with E-state index < -0.39 is 23.8 Å². The number of alkyl halides is 3. The second kappa shape index (κ2) is 7.77. The van der Waals surface area contributed by atoms with Crippen LogP contribution in [0.2, 0.25) is 0 Å². The predicted molar refractivity (Wildman–Crippen MR) is 74.0 cm³/mol. The predicted octanol–water partition coefficient (Wildman–Crippen LogP) is 2.60. The van der Waals surface area contributed by atoms with E-state index >= 15 is 0 Å². The van der Waals surface area contributed by atoms with Crippen molar-refractivity contribution in [3.05, 3.63) is 33.8 Å². The molecule has 1 aromatic carbocycles. The van der Waals surface area contributed by atoms with Gasteiger partial charge in [-0.25, -0.2) is 0 Å². The van der Waals surface area contributed by atoms with Gasteiger partial charge in [-0.2, -0.15) is 13.2 Å². The molecule has 0 aliphatic heterocycles. The number of ether oxygens (including phenoxy) is 1. The number of aliphatic hydroxyl groups is 1. The Labute approximate surface area is 128 Å². The van der Waals surface area contributed by atoms with Gasteiger partial charge in [-0.05, 0) is 40.5 Å². The summed E-state index contributed by atoms with van der Waals surface area (Å²) in [6, 6.07) is 2.85. The lowest BCUT2D eigenvalue weighted by Crippen LogP contribution is -2.29. The molecule has 0 aliphatic carbocycles. The molecule has 0 aliphatic rings. The van der Waals surface area contributed by atoms with Gasteiger partial charge in [0.25, 0.3) is 5.91 Å². The maximum atomic E-state index is 12.6. The Morgan fingerprint density at radius 2 is 2.14 bits per heavy atom. The minimum absolute atomic E-state index is 0.106. The van der Waals surface area contributed by atoms with Crippen molar-refractivity contribution in [3.8, 4) is 0 Å². The van der Waals surface area contributed by atoms with Gasteiger partial charge in [-0.3, -0.25) is 4.79 Å². The van der Waals surface area contributed by atoms with Gasteiger partial charge in [0.15, 0.2) is 0 Å². The van der Waals surface area contributed by atoms with E-state index in [1.165, 1.54) is 13.2 Å². The highest BCUT2D eigenvalue weighted by Crippen LogP contribution is 2.31. The fourth-order valence-electron chi connectivity index (χ4n) is 1.60. The molecule has 1 unspecified atom stereocenters. The van der Waals surface area contributed by atoms with E-state index in [0.29, 0.717) is 0 Å². The lowest BCUT2D eigenvalue weighted by Gasteiger charge is -2.12. The SMILES string of the molecule is COCC(O)CCNC(=O)c1cc(C(F)(F)F)ccc1Br. The molecule has 0 aromatic heterocycles. The van der Waals surface area contributed by atoms with E-state index in [0.717, 1.165) is 12.1 Å². The molecular weight excluding hydrogens is 355 g/mol. The number of amides is 1. The zero-order chi connectivity index (χ0) is 16.0. The molecule has 1 aromatic rings. The normalized spacial score (nSPS) is 13.0. The summed E-state index contributed by atoms with van der Waals surface area (Å²) in [4.78, 5) is 11.9. The summed E-state index contributed by atoms with van der Waals surface area (Å²) in [7, 11) is 1.43. The highest BCUT2D eigenvalue weighted by molar-refractivity contribution is 9.10. The standard InChI is InChI=1S/C13H15BrF3NO3/c1-21-7-9(19)4-5-18-12(20)10-6-8(13(15,16)17)2-3-11(10)14/h2-3,6,9,19H,4-5,7H2,1H3,(H,18,20). The van der Waals surface area contributed by atoms with Crippen LogP contribution in [0.4, 0.5) is 13.2 Å². The van der Waals surface area contributed by atoms with Crippen molar-refractivity contribution in [1.29, 1.82) is 0 Å². The smallest absolute Gasteiger partial charge is 0.391 e. The van der Waals surface area contributed by atoms with E-state index in [1.807, 2.05) is 0 Å². The molecule has 0 heterocycles. The summed E-state index contributed by atoms with van der Waals surface area (Å²) in [5, 5.41) is 11.9. The van der Waals surface area contributed by atoms with Crippen LogP contribution in [0.5, 0.6) is 0 Å². The second-order valence-corrected chi connectivity index (χ2v) is 5.20. The third kappa shape index (κ3) is 5.64. The quantitative estimate of drug-likeness (QED) is 0.810. The van der Waals surface area contributed by atoms with E-state index in [4.69, 9.17) is 4.74 Å². The fraction of sp³-hybridized carbons (Fsp3) is 0.462. The van der Waals surface area contributed by atoms with Crippen molar-refractivity contribution < 1.29 is 27.8 Å². The number of halogens is 4. The molecule has 1 amide bonds. The van der Waals surface area contributed by atoms with Crippen molar-refractivity contribution >= 4 is 21.8 Å². The average Bonchev–Trinajstić information content (AvgIpc) is 2.38. The topological polar surface area (TPSA) is 58.6 Å².